The van der Waals surface area contributed by atoms with Gasteiger partial charge in [0.2, 0.25) is 0 Å². The van der Waals surface area contributed by atoms with E-state index >= 15 is 0 Å². The van der Waals surface area contributed by atoms with Crippen LogP contribution in [0.1, 0.15) is 31.4 Å². The molecule has 2 aromatic rings. The largest absolute Gasteiger partial charge is 0.493 e. The van der Waals surface area contributed by atoms with Crippen LogP contribution in [0, 0.1) is 0 Å². The van der Waals surface area contributed by atoms with E-state index in [1.165, 1.54) is 11.8 Å². The number of hydrogen-bond donors (Lipinski definition) is 2. The van der Waals surface area contributed by atoms with E-state index in [1.807, 2.05) is 25.1 Å². The maximum Gasteiger partial charge on any atom is 0.332 e. The number of nitrogens with two attached hydrogens (primary N) is 1. The van der Waals surface area contributed by atoms with Gasteiger partial charge >= 0.3 is 6.03 Å². The highest BCUT2D eigenvalue weighted by atomic mass is 16.5. The normalized spacial score (nSPS) is 10.6. The van der Waals surface area contributed by atoms with E-state index in [4.69, 9.17) is 19.9 Å². The van der Waals surface area contributed by atoms with Gasteiger partial charge in [0.25, 0.3) is 0 Å². The molecule has 0 aromatic heterocycles. The zero-order valence-corrected chi connectivity index (χ0v) is 16.3. The van der Waals surface area contributed by atoms with Crippen molar-refractivity contribution in [2.45, 2.75) is 26.7 Å². The summed E-state index contributed by atoms with van der Waals surface area (Å²) in [6.07, 6.45) is 3.24. The molecule has 0 aliphatic carbocycles. The maximum atomic E-state index is 10.6. The lowest BCUT2D eigenvalue weighted by Gasteiger charge is -2.13. The lowest BCUT2D eigenvalue weighted by atomic mass is 10.2. The highest BCUT2D eigenvalue weighted by Gasteiger charge is 2.06. The van der Waals surface area contributed by atoms with Crippen LogP contribution in [0.2, 0.25) is 0 Å². The quantitative estimate of drug-likeness (QED) is 0.352. The zero-order chi connectivity index (χ0) is 20.2. The van der Waals surface area contributed by atoms with Gasteiger partial charge in [-0.25, -0.2) is 10.2 Å². The van der Waals surface area contributed by atoms with Gasteiger partial charge < -0.3 is 19.9 Å². The summed E-state index contributed by atoms with van der Waals surface area (Å²) in [6, 6.07) is 12.8. The summed E-state index contributed by atoms with van der Waals surface area (Å²) in [5.41, 5.74) is 9.16. The van der Waals surface area contributed by atoms with Crippen molar-refractivity contribution < 1.29 is 19.0 Å². The second kappa shape index (κ2) is 11.5. The van der Waals surface area contributed by atoms with Gasteiger partial charge in [0, 0.05) is 6.42 Å². The average Bonchev–Trinajstić information content (AvgIpc) is 2.69. The van der Waals surface area contributed by atoms with Gasteiger partial charge in [-0.3, -0.25) is 0 Å². The molecule has 0 atom stereocenters. The molecule has 0 saturated heterocycles. The van der Waals surface area contributed by atoms with Crippen molar-refractivity contribution in [3.8, 4) is 17.2 Å². The lowest BCUT2D eigenvalue weighted by molar-refractivity contribution is 0.236. The summed E-state index contributed by atoms with van der Waals surface area (Å²) in [7, 11) is 0. The molecule has 150 valence electrons. The van der Waals surface area contributed by atoms with E-state index in [0.29, 0.717) is 31.3 Å². The number of rotatable bonds is 11. The first kappa shape index (κ1) is 21.1. The first-order valence-electron chi connectivity index (χ1n) is 9.32. The molecule has 7 nitrogen and oxygen atoms in total. The molecule has 3 N–H and O–H groups in total. The number of aryl methyl sites for hydroxylation is 1. The summed E-state index contributed by atoms with van der Waals surface area (Å²) >= 11 is 0. The van der Waals surface area contributed by atoms with E-state index < -0.39 is 6.03 Å². The second-order valence-corrected chi connectivity index (χ2v) is 5.92. The number of ether oxygens (including phenoxy) is 3. The Bertz CT molecular complexity index is 776. The smallest absolute Gasteiger partial charge is 0.332 e. The van der Waals surface area contributed by atoms with Crippen LogP contribution in [0.4, 0.5) is 4.79 Å². The van der Waals surface area contributed by atoms with E-state index in [0.717, 1.165) is 24.2 Å². The predicted molar refractivity (Wildman–Crippen MR) is 109 cm³/mol. The lowest BCUT2D eigenvalue weighted by Crippen LogP contribution is -2.24. The second-order valence-electron chi connectivity index (χ2n) is 5.92. The highest BCUT2D eigenvalue weighted by molar-refractivity contribution is 5.82. The van der Waals surface area contributed by atoms with Crippen LogP contribution in [0.5, 0.6) is 17.2 Å². The third-order valence-electron chi connectivity index (χ3n) is 3.80. The Morgan fingerprint density at radius 1 is 1.04 bits per heavy atom. The number of hydrogen-bond acceptors (Lipinski definition) is 5. The molecule has 0 spiro atoms. The number of carbonyl (C=O) groups is 1. The SMILES string of the molecule is CCOc1cc(/C=N/NC(N)=O)ccc1OCCCOc1ccc(CC)cc1. The highest BCUT2D eigenvalue weighted by Crippen LogP contribution is 2.28. The van der Waals surface area contributed by atoms with Crippen LogP contribution in [-0.4, -0.2) is 32.1 Å². The molecule has 7 heteroatoms. The van der Waals surface area contributed by atoms with Gasteiger partial charge in [0.1, 0.15) is 5.75 Å². The Morgan fingerprint density at radius 3 is 2.46 bits per heavy atom. The van der Waals surface area contributed by atoms with E-state index in [2.05, 4.69) is 29.6 Å². The minimum atomic E-state index is -0.718. The number of nitrogens with zero attached hydrogens (tertiary/aromatic N) is 1. The third-order valence-corrected chi connectivity index (χ3v) is 3.80. The first-order chi connectivity index (χ1) is 13.6. The van der Waals surface area contributed by atoms with Crippen LogP contribution < -0.4 is 25.4 Å². The number of hydrazone groups is 1. The summed E-state index contributed by atoms with van der Waals surface area (Å²) in [6.45, 7) is 5.61. The van der Waals surface area contributed by atoms with Crippen LogP contribution in [0.25, 0.3) is 0 Å². The van der Waals surface area contributed by atoms with Crippen molar-refractivity contribution >= 4 is 12.2 Å². The molecule has 2 amide bonds. The monoisotopic (exact) mass is 385 g/mol. The molecular weight excluding hydrogens is 358 g/mol. The summed E-state index contributed by atoms with van der Waals surface area (Å²) < 4.78 is 17.2. The van der Waals surface area contributed by atoms with Crippen molar-refractivity contribution in [3.63, 3.8) is 0 Å². The molecular formula is C21H27N3O4. The molecule has 0 unspecified atom stereocenters. The molecule has 2 aromatic carbocycles. The van der Waals surface area contributed by atoms with Crippen molar-refractivity contribution in [2.24, 2.45) is 10.8 Å². The first-order valence-corrected chi connectivity index (χ1v) is 9.32. The summed E-state index contributed by atoms with van der Waals surface area (Å²) in [4.78, 5) is 10.6. The van der Waals surface area contributed by atoms with Crippen LogP contribution in [0.3, 0.4) is 0 Å². The molecule has 0 radical (unpaired) electrons. The minimum absolute atomic E-state index is 0.504. The molecule has 0 heterocycles. The summed E-state index contributed by atoms with van der Waals surface area (Å²) in [5, 5.41) is 3.74. The fourth-order valence-corrected chi connectivity index (χ4v) is 2.42. The van der Waals surface area contributed by atoms with Crippen LogP contribution in [-0.2, 0) is 6.42 Å². The van der Waals surface area contributed by atoms with Gasteiger partial charge in [0.05, 0.1) is 26.0 Å². The number of primary amides is 1. The number of nitrogens with one attached hydrogen (secondary N) is 1. The number of carbonyl (C=O) groups excluding carboxylic acids is 1. The van der Waals surface area contributed by atoms with Gasteiger partial charge in [-0.1, -0.05) is 19.1 Å². The van der Waals surface area contributed by atoms with E-state index in [1.54, 1.807) is 12.1 Å². The Balaban J connectivity index is 1.82. The van der Waals surface area contributed by atoms with Crippen molar-refractivity contribution in [1.29, 1.82) is 0 Å². The zero-order valence-electron chi connectivity index (χ0n) is 16.3. The van der Waals surface area contributed by atoms with E-state index in [-0.39, 0.29) is 0 Å². The topological polar surface area (TPSA) is 95.2 Å². The van der Waals surface area contributed by atoms with Crippen LogP contribution in [0.15, 0.2) is 47.6 Å². The molecule has 0 saturated carbocycles. The Morgan fingerprint density at radius 2 is 1.79 bits per heavy atom. The van der Waals surface area contributed by atoms with Crippen LogP contribution >= 0.6 is 0 Å². The number of urea groups is 1. The van der Waals surface area contributed by atoms with Gasteiger partial charge in [0.15, 0.2) is 11.5 Å². The summed E-state index contributed by atoms with van der Waals surface area (Å²) in [5.74, 6) is 2.12. The average molecular weight is 385 g/mol. The molecule has 0 bridgehead atoms. The third kappa shape index (κ3) is 7.19. The number of benzene rings is 2. The Hall–Kier alpha value is -3.22. The van der Waals surface area contributed by atoms with Gasteiger partial charge in [-0.15, -0.1) is 0 Å². The minimum Gasteiger partial charge on any atom is -0.493 e. The fraction of sp³-hybridized carbons (Fsp3) is 0.333. The standard InChI is InChI=1S/C21H27N3O4/c1-3-16-6-9-18(10-7-16)27-12-5-13-28-19-11-8-17(14-20(19)26-4-2)15-23-24-21(22)25/h6-11,14-15H,3-5,12-13H2,1-2H3,(H3,22,24,25)/b23-15+. The molecule has 28 heavy (non-hydrogen) atoms. The Labute approximate surface area is 165 Å². The number of amides is 2. The molecule has 0 aliphatic rings. The fourth-order valence-electron chi connectivity index (χ4n) is 2.42. The van der Waals surface area contributed by atoms with Crippen molar-refractivity contribution in [2.75, 3.05) is 19.8 Å². The van der Waals surface area contributed by atoms with Gasteiger partial charge in [-0.05, 0) is 54.8 Å². The van der Waals surface area contributed by atoms with Crippen molar-refractivity contribution in [3.05, 3.63) is 53.6 Å². The molecule has 2 rings (SSSR count). The Kier molecular flexibility index (Phi) is 8.65. The van der Waals surface area contributed by atoms with Gasteiger partial charge in [-0.2, -0.15) is 5.10 Å². The molecule has 0 aliphatic heterocycles. The molecule has 0 fully saturated rings. The van der Waals surface area contributed by atoms with E-state index in [9.17, 15) is 4.79 Å². The van der Waals surface area contributed by atoms with Crippen molar-refractivity contribution in [1.82, 2.24) is 5.43 Å². The predicted octanol–water partition coefficient (Wildman–Crippen LogP) is 3.50. The maximum absolute atomic E-state index is 10.6.